The van der Waals surface area contributed by atoms with Crippen LogP contribution in [0.15, 0.2) is 18.3 Å². The largest absolute Gasteiger partial charge is 0.372 e. The fourth-order valence-electron chi connectivity index (χ4n) is 1.51. The summed E-state index contributed by atoms with van der Waals surface area (Å²) in [5.41, 5.74) is 1.71. The van der Waals surface area contributed by atoms with Crippen molar-refractivity contribution in [2.75, 3.05) is 24.7 Å². The molecule has 1 heterocycles. The third kappa shape index (κ3) is 3.03. The van der Waals surface area contributed by atoms with E-state index < -0.39 is 0 Å². The quantitative estimate of drug-likeness (QED) is 0.762. The average Bonchev–Trinajstić information content (AvgIpc) is 2.30. The molecule has 0 saturated carbocycles. The number of likely N-dealkylation sites (N-methyl/N-ethyl adjacent to an activating group) is 1. The van der Waals surface area contributed by atoms with Gasteiger partial charge in [0.1, 0.15) is 6.61 Å². The second-order valence-corrected chi connectivity index (χ2v) is 3.38. The zero-order valence-electron chi connectivity index (χ0n) is 10.1. The molecule has 0 saturated heterocycles. The second-order valence-electron chi connectivity index (χ2n) is 3.38. The van der Waals surface area contributed by atoms with E-state index >= 15 is 0 Å². The Morgan fingerprint density at radius 2 is 2.25 bits per heavy atom. The van der Waals surface area contributed by atoms with E-state index in [1.165, 1.54) is 0 Å². The highest BCUT2D eigenvalue weighted by molar-refractivity contribution is 5.94. The van der Waals surface area contributed by atoms with E-state index in [0.717, 1.165) is 11.4 Å². The number of carbonyl (C=O) groups excluding carboxylic acids is 1. The zero-order valence-corrected chi connectivity index (χ0v) is 10.1. The topological polar surface area (TPSA) is 42.4 Å². The highest BCUT2D eigenvalue weighted by Gasteiger charge is 2.15. The third-order valence-electron chi connectivity index (χ3n) is 2.32. The molecule has 0 aromatic carbocycles. The number of aryl methyl sites for hydroxylation is 1. The number of aromatic nitrogens is 1. The van der Waals surface area contributed by atoms with E-state index in [0.29, 0.717) is 13.2 Å². The molecule has 4 heteroatoms. The zero-order chi connectivity index (χ0) is 12.0. The fourth-order valence-corrected chi connectivity index (χ4v) is 1.51. The van der Waals surface area contributed by atoms with Crippen LogP contribution in [-0.4, -0.2) is 30.6 Å². The summed E-state index contributed by atoms with van der Waals surface area (Å²) in [6.45, 7) is 7.01. The first-order chi connectivity index (χ1) is 7.70. The summed E-state index contributed by atoms with van der Waals surface area (Å²) >= 11 is 0. The summed E-state index contributed by atoms with van der Waals surface area (Å²) in [7, 11) is 0. The molecule has 4 nitrogen and oxygen atoms in total. The highest BCUT2D eigenvalue weighted by atomic mass is 16.5. The summed E-state index contributed by atoms with van der Waals surface area (Å²) in [5.74, 6) is -0.0274. The van der Waals surface area contributed by atoms with Gasteiger partial charge in [-0.1, -0.05) is 0 Å². The number of rotatable bonds is 5. The van der Waals surface area contributed by atoms with Crippen molar-refractivity contribution >= 4 is 11.6 Å². The number of hydrogen-bond donors (Lipinski definition) is 0. The first-order valence-corrected chi connectivity index (χ1v) is 5.50. The molecule has 0 bridgehead atoms. The molecule has 0 aliphatic carbocycles. The van der Waals surface area contributed by atoms with Crippen LogP contribution in [0.3, 0.4) is 0 Å². The Hall–Kier alpha value is -1.42. The molecule has 0 atom stereocenters. The molecule has 0 fully saturated rings. The molecule has 0 aliphatic rings. The molecule has 1 aromatic rings. The van der Waals surface area contributed by atoms with Crippen molar-refractivity contribution in [3.8, 4) is 0 Å². The van der Waals surface area contributed by atoms with Crippen molar-refractivity contribution in [3.63, 3.8) is 0 Å². The summed E-state index contributed by atoms with van der Waals surface area (Å²) < 4.78 is 5.13. The molecule has 16 heavy (non-hydrogen) atoms. The van der Waals surface area contributed by atoms with Gasteiger partial charge in [0.25, 0.3) is 5.91 Å². The van der Waals surface area contributed by atoms with E-state index in [1.54, 1.807) is 11.1 Å². The van der Waals surface area contributed by atoms with Crippen LogP contribution in [0.1, 0.15) is 19.5 Å². The normalized spacial score (nSPS) is 10.2. The number of hydrogen-bond acceptors (Lipinski definition) is 3. The molecule has 1 amide bonds. The maximum atomic E-state index is 11.9. The van der Waals surface area contributed by atoms with E-state index in [-0.39, 0.29) is 12.5 Å². The lowest BCUT2D eigenvalue weighted by Gasteiger charge is -2.22. The van der Waals surface area contributed by atoms with Gasteiger partial charge in [0.15, 0.2) is 0 Å². The van der Waals surface area contributed by atoms with E-state index in [2.05, 4.69) is 4.98 Å². The molecule has 0 spiro atoms. The van der Waals surface area contributed by atoms with Gasteiger partial charge in [0.2, 0.25) is 0 Å². The minimum absolute atomic E-state index is 0.0274. The number of carbonyl (C=O) groups is 1. The Bertz CT molecular complexity index is 353. The van der Waals surface area contributed by atoms with Crippen LogP contribution in [0, 0.1) is 6.92 Å². The molecule has 0 N–H and O–H groups in total. The van der Waals surface area contributed by atoms with Crippen LogP contribution in [0.5, 0.6) is 0 Å². The summed E-state index contributed by atoms with van der Waals surface area (Å²) in [6, 6.07) is 3.73. The van der Waals surface area contributed by atoms with Crippen molar-refractivity contribution in [3.05, 3.63) is 24.0 Å². The lowest BCUT2D eigenvalue weighted by atomic mass is 10.2. The first-order valence-electron chi connectivity index (χ1n) is 5.50. The Labute approximate surface area is 96.2 Å². The maximum absolute atomic E-state index is 11.9. The van der Waals surface area contributed by atoms with Crippen LogP contribution in [0.25, 0.3) is 0 Å². The molecule has 0 unspecified atom stereocenters. The first kappa shape index (κ1) is 12.6. The van der Waals surface area contributed by atoms with Gasteiger partial charge in [-0.25, -0.2) is 0 Å². The predicted octanol–water partition coefficient (Wildman–Crippen LogP) is 1.78. The lowest BCUT2D eigenvalue weighted by molar-refractivity contribution is -0.122. The highest BCUT2D eigenvalue weighted by Crippen LogP contribution is 2.17. The van der Waals surface area contributed by atoms with Gasteiger partial charge < -0.3 is 9.64 Å². The van der Waals surface area contributed by atoms with Gasteiger partial charge in [0, 0.05) is 19.3 Å². The Kier molecular flexibility index (Phi) is 4.92. The molecule has 0 radical (unpaired) electrons. The van der Waals surface area contributed by atoms with Gasteiger partial charge in [-0.05, 0) is 32.9 Å². The molecule has 1 aromatic heterocycles. The van der Waals surface area contributed by atoms with Crippen LogP contribution in [0.2, 0.25) is 0 Å². The molecular weight excluding hydrogens is 204 g/mol. The van der Waals surface area contributed by atoms with Crippen molar-refractivity contribution in [1.29, 1.82) is 0 Å². The number of ether oxygens (including phenoxy) is 1. The van der Waals surface area contributed by atoms with Gasteiger partial charge in [-0.2, -0.15) is 0 Å². The van der Waals surface area contributed by atoms with Crippen LogP contribution in [-0.2, 0) is 9.53 Å². The minimum Gasteiger partial charge on any atom is -0.372 e. The number of amides is 1. The monoisotopic (exact) mass is 222 g/mol. The molecule has 1 rings (SSSR count). The number of pyridine rings is 1. The standard InChI is InChI=1S/C12H18N2O2/c1-4-14(12(15)9-16-5-2)11-7-6-8-13-10(11)3/h6-8H,4-5,9H2,1-3H3. The number of anilines is 1. The average molecular weight is 222 g/mol. The smallest absolute Gasteiger partial charge is 0.253 e. The molecule has 88 valence electrons. The number of nitrogens with zero attached hydrogens (tertiary/aromatic N) is 2. The van der Waals surface area contributed by atoms with Crippen molar-refractivity contribution in [2.24, 2.45) is 0 Å². The minimum atomic E-state index is -0.0274. The Morgan fingerprint density at radius 3 is 2.81 bits per heavy atom. The van der Waals surface area contributed by atoms with Gasteiger partial charge in [0.05, 0.1) is 11.4 Å². The Morgan fingerprint density at radius 1 is 1.50 bits per heavy atom. The summed E-state index contributed by atoms with van der Waals surface area (Å²) in [5, 5.41) is 0. The fraction of sp³-hybridized carbons (Fsp3) is 0.500. The maximum Gasteiger partial charge on any atom is 0.253 e. The SMILES string of the molecule is CCOCC(=O)N(CC)c1cccnc1C. The predicted molar refractivity (Wildman–Crippen MR) is 63.5 cm³/mol. The third-order valence-corrected chi connectivity index (χ3v) is 2.32. The van der Waals surface area contributed by atoms with Gasteiger partial charge >= 0.3 is 0 Å². The van der Waals surface area contributed by atoms with E-state index in [1.807, 2.05) is 32.9 Å². The van der Waals surface area contributed by atoms with Crippen LogP contribution < -0.4 is 4.90 Å². The van der Waals surface area contributed by atoms with Crippen molar-refractivity contribution in [1.82, 2.24) is 4.98 Å². The van der Waals surface area contributed by atoms with Gasteiger partial charge in [-0.15, -0.1) is 0 Å². The Balaban J connectivity index is 2.82. The van der Waals surface area contributed by atoms with E-state index in [9.17, 15) is 4.79 Å². The van der Waals surface area contributed by atoms with Crippen LogP contribution in [0.4, 0.5) is 5.69 Å². The van der Waals surface area contributed by atoms with Crippen LogP contribution >= 0.6 is 0 Å². The second kappa shape index (κ2) is 6.23. The van der Waals surface area contributed by atoms with Crippen molar-refractivity contribution in [2.45, 2.75) is 20.8 Å². The summed E-state index contributed by atoms with van der Waals surface area (Å²) in [4.78, 5) is 17.7. The van der Waals surface area contributed by atoms with Gasteiger partial charge in [-0.3, -0.25) is 9.78 Å². The lowest BCUT2D eigenvalue weighted by Crippen LogP contribution is -2.34. The molecule has 0 aliphatic heterocycles. The van der Waals surface area contributed by atoms with E-state index in [4.69, 9.17) is 4.74 Å². The van der Waals surface area contributed by atoms with Crippen molar-refractivity contribution < 1.29 is 9.53 Å². The molecular formula is C12H18N2O2. The summed E-state index contributed by atoms with van der Waals surface area (Å²) in [6.07, 6.45) is 1.72.